The standard InChI is InChI=1S/C22H23N3O5S/c1-15-13-19(16(2)25(15)17-7-4-3-5-8-17)22(26)23-24-31(27,28)18-9-10-20-21(14-18)30-12-6-11-29-20/h3-5,7-10,13-14,24H,6,11-12H2,1-2H3,(H,23,26). The SMILES string of the molecule is Cc1cc(C(=O)NNS(=O)(=O)c2ccc3c(c2)OCCCO3)c(C)n1-c1ccccc1. The Hall–Kier alpha value is -3.30. The van der Waals surface area contributed by atoms with Crippen molar-refractivity contribution in [3.63, 3.8) is 0 Å². The minimum absolute atomic E-state index is 0.0354. The second kappa shape index (κ2) is 8.44. The number of nitrogens with zero attached hydrogens (tertiary/aromatic N) is 1. The highest BCUT2D eigenvalue weighted by molar-refractivity contribution is 7.89. The van der Waals surface area contributed by atoms with E-state index in [-0.39, 0.29) is 4.90 Å². The zero-order valence-corrected chi connectivity index (χ0v) is 18.0. The summed E-state index contributed by atoms with van der Waals surface area (Å²) in [6.07, 6.45) is 0.715. The lowest BCUT2D eigenvalue weighted by atomic mass is 10.2. The molecule has 0 bridgehead atoms. The van der Waals surface area contributed by atoms with Crippen LogP contribution in [0.4, 0.5) is 0 Å². The van der Waals surface area contributed by atoms with Crippen LogP contribution in [0, 0.1) is 13.8 Å². The van der Waals surface area contributed by atoms with Crippen LogP contribution >= 0.6 is 0 Å². The Morgan fingerprint density at radius 2 is 1.68 bits per heavy atom. The maximum absolute atomic E-state index is 12.7. The number of para-hydroxylation sites is 1. The molecule has 1 aromatic heterocycles. The molecule has 2 heterocycles. The van der Waals surface area contributed by atoms with Crippen molar-refractivity contribution in [3.8, 4) is 17.2 Å². The molecular formula is C22H23N3O5S. The van der Waals surface area contributed by atoms with Crippen molar-refractivity contribution in [2.24, 2.45) is 0 Å². The molecule has 31 heavy (non-hydrogen) atoms. The van der Waals surface area contributed by atoms with Crippen molar-refractivity contribution in [1.82, 2.24) is 14.8 Å². The topological polar surface area (TPSA) is 98.7 Å². The fourth-order valence-corrected chi connectivity index (χ4v) is 4.37. The summed E-state index contributed by atoms with van der Waals surface area (Å²) in [5, 5.41) is 0. The molecule has 8 nitrogen and oxygen atoms in total. The van der Waals surface area contributed by atoms with E-state index in [1.54, 1.807) is 12.1 Å². The molecule has 0 atom stereocenters. The Bertz CT molecular complexity index is 1220. The lowest BCUT2D eigenvalue weighted by Gasteiger charge is -2.12. The maximum atomic E-state index is 12.7. The van der Waals surface area contributed by atoms with Crippen molar-refractivity contribution >= 4 is 15.9 Å². The highest BCUT2D eigenvalue weighted by Crippen LogP contribution is 2.31. The first-order valence-corrected chi connectivity index (χ1v) is 11.3. The molecule has 2 N–H and O–H groups in total. The second-order valence-corrected chi connectivity index (χ2v) is 8.86. The molecule has 0 saturated heterocycles. The van der Waals surface area contributed by atoms with Gasteiger partial charge in [-0.25, -0.2) is 8.42 Å². The first kappa shape index (κ1) is 21.0. The largest absolute Gasteiger partial charge is 0.490 e. The highest BCUT2D eigenvalue weighted by atomic mass is 32.2. The second-order valence-electron chi connectivity index (χ2n) is 7.17. The zero-order chi connectivity index (χ0) is 22.0. The summed E-state index contributed by atoms with van der Waals surface area (Å²) >= 11 is 0. The van der Waals surface area contributed by atoms with Gasteiger partial charge in [0.15, 0.2) is 11.5 Å². The van der Waals surface area contributed by atoms with Gasteiger partial charge in [-0.05, 0) is 44.2 Å². The van der Waals surface area contributed by atoms with Crippen LogP contribution in [-0.4, -0.2) is 32.1 Å². The molecule has 1 aliphatic heterocycles. The number of aromatic nitrogens is 1. The van der Waals surface area contributed by atoms with Crippen molar-refractivity contribution in [1.29, 1.82) is 0 Å². The number of nitrogens with one attached hydrogen (secondary N) is 2. The summed E-state index contributed by atoms with van der Waals surface area (Å²) in [5.41, 5.74) is 5.16. The van der Waals surface area contributed by atoms with Gasteiger partial charge < -0.3 is 14.0 Å². The number of rotatable bonds is 5. The molecule has 0 spiro atoms. The molecule has 1 aliphatic rings. The van der Waals surface area contributed by atoms with Gasteiger partial charge in [-0.15, -0.1) is 4.83 Å². The third-order valence-corrected chi connectivity index (χ3v) is 6.26. The number of fused-ring (bicyclic) bond motifs is 1. The summed E-state index contributed by atoms with van der Waals surface area (Å²) in [6, 6.07) is 15.7. The number of carbonyl (C=O) groups is 1. The van der Waals surface area contributed by atoms with E-state index in [0.29, 0.717) is 42.4 Å². The van der Waals surface area contributed by atoms with Crippen LogP contribution in [-0.2, 0) is 10.0 Å². The van der Waals surface area contributed by atoms with Crippen LogP contribution in [0.25, 0.3) is 5.69 Å². The molecule has 4 rings (SSSR count). The van der Waals surface area contributed by atoms with E-state index in [9.17, 15) is 13.2 Å². The monoisotopic (exact) mass is 441 g/mol. The van der Waals surface area contributed by atoms with Crippen molar-refractivity contribution < 1.29 is 22.7 Å². The van der Waals surface area contributed by atoms with Gasteiger partial charge >= 0.3 is 0 Å². The number of hydrogen-bond donors (Lipinski definition) is 2. The van der Waals surface area contributed by atoms with Crippen molar-refractivity contribution in [3.05, 3.63) is 71.5 Å². The molecule has 3 aromatic rings. The van der Waals surface area contributed by atoms with Gasteiger partial charge in [-0.1, -0.05) is 18.2 Å². The first-order valence-electron chi connectivity index (χ1n) is 9.83. The van der Waals surface area contributed by atoms with Crippen LogP contribution < -0.4 is 19.7 Å². The number of aryl methyl sites for hydroxylation is 1. The normalized spacial score (nSPS) is 13.5. The molecule has 1 amide bonds. The number of hydrogen-bond acceptors (Lipinski definition) is 5. The molecule has 0 aliphatic carbocycles. The molecule has 9 heteroatoms. The average Bonchev–Trinajstić information content (AvgIpc) is 2.92. The number of benzene rings is 2. The fraction of sp³-hybridized carbons (Fsp3) is 0.227. The molecule has 0 unspecified atom stereocenters. The maximum Gasteiger partial charge on any atom is 0.268 e. The van der Waals surface area contributed by atoms with Gasteiger partial charge in [-0.3, -0.25) is 10.2 Å². The Labute approximate surface area is 180 Å². The number of sulfonamides is 1. The summed E-state index contributed by atoms with van der Waals surface area (Å²) < 4.78 is 38.4. The smallest absolute Gasteiger partial charge is 0.268 e. The van der Waals surface area contributed by atoms with E-state index < -0.39 is 15.9 Å². The fourth-order valence-electron chi connectivity index (χ4n) is 3.52. The van der Waals surface area contributed by atoms with Crippen LogP contribution in [0.1, 0.15) is 28.2 Å². The van der Waals surface area contributed by atoms with Gasteiger partial charge in [-0.2, -0.15) is 0 Å². The molecule has 0 radical (unpaired) electrons. The van der Waals surface area contributed by atoms with Gasteiger partial charge in [0, 0.05) is 29.6 Å². The van der Waals surface area contributed by atoms with Gasteiger partial charge in [0.05, 0.1) is 23.7 Å². The molecule has 0 saturated carbocycles. The van der Waals surface area contributed by atoms with Crippen LogP contribution in [0.2, 0.25) is 0 Å². The minimum atomic E-state index is -4.00. The third kappa shape index (κ3) is 4.28. The van der Waals surface area contributed by atoms with Gasteiger partial charge in [0.25, 0.3) is 15.9 Å². The lowest BCUT2D eigenvalue weighted by Crippen LogP contribution is -2.41. The van der Waals surface area contributed by atoms with Crippen molar-refractivity contribution in [2.75, 3.05) is 13.2 Å². The van der Waals surface area contributed by atoms with E-state index in [0.717, 1.165) is 11.4 Å². The van der Waals surface area contributed by atoms with Crippen LogP contribution in [0.15, 0.2) is 59.5 Å². The van der Waals surface area contributed by atoms with Crippen LogP contribution in [0.3, 0.4) is 0 Å². The van der Waals surface area contributed by atoms with E-state index in [2.05, 4.69) is 10.3 Å². The first-order chi connectivity index (χ1) is 14.9. The molecular weight excluding hydrogens is 418 g/mol. The van der Waals surface area contributed by atoms with E-state index >= 15 is 0 Å². The minimum Gasteiger partial charge on any atom is -0.490 e. The zero-order valence-electron chi connectivity index (χ0n) is 17.2. The van der Waals surface area contributed by atoms with Gasteiger partial charge in [0.2, 0.25) is 0 Å². The summed E-state index contributed by atoms with van der Waals surface area (Å²) in [6.45, 7) is 4.65. The quantitative estimate of drug-likeness (QED) is 0.594. The summed E-state index contributed by atoms with van der Waals surface area (Å²) in [5.74, 6) is 0.306. The van der Waals surface area contributed by atoms with Crippen molar-refractivity contribution in [2.45, 2.75) is 25.2 Å². The van der Waals surface area contributed by atoms with E-state index in [4.69, 9.17) is 9.47 Å². The molecule has 0 fully saturated rings. The Morgan fingerprint density at radius 1 is 0.968 bits per heavy atom. The lowest BCUT2D eigenvalue weighted by molar-refractivity contribution is 0.0944. The van der Waals surface area contributed by atoms with Gasteiger partial charge in [0.1, 0.15) is 0 Å². The number of amides is 1. The average molecular weight is 442 g/mol. The Morgan fingerprint density at radius 3 is 2.42 bits per heavy atom. The highest BCUT2D eigenvalue weighted by Gasteiger charge is 2.22. The number of hydrazine groups is 1. The predicted molar refractivity (Wildman–Crippen MR) is 115 cm³/mol. The number of carbonyl (C=O) groups excluding carboxylic acids is 1. The third-order valence-electron chi connectivity index (χ3n) is 5.02. The molecule has 162 valence electrons. The summed E-state index contributed by atoms with van der Waals surface area (Å²) in [4.78, 5) is 14.8. The van der Waals surface area contributed by atoms with Crippen LogP contribution in [0.5, 0.6) is 11.5 Å². The van der Waals surface area contributed by atoms with E-state index in [1.807, 2.05) is 48.7 Å². The Kier molecular flexibility index (Phi) is 5.71. The predicted octanol–water partition coefficient (Wildman–Crippen LogP) is 2.88. The summed E-state index contributed by atoms with van der Waals surface area (Å²) in [7, 11) is -4.00. The Balaban J connectivity index is 1.52. The van der Waals surface area contributed by atoms with E-state index in [1.165, 1.54) is 12.1 Å². The number of ether oxygens (including phenoxy) is 2. The molecule has 2 aromatic carbocycles.